The summed E-state index contributed by atoms with van der Waals surface area (Å²) < 4.78 is 23.0. The Morgan fingerprint density at radius 2 is 1.83 bits per heavy atom. The van der Waals surface area contributed by atoms with E-state index in [2.05, 4.69) is 13.8 Å². The molecule has 0 aromatic heterocycles. The fourth-order valence-corrected chi connectivity index (χ4v) is 2.25. The molecule has 0 saturated heterocycles. The van der Waals surface area contributed by atoms with Crippen molar-refractivity contribution in [2.75, 3.05) is 7.05 Å². The van der Waals surface area contributed by atoms with Crippen molar-refractivity contribution in [3.8, 4) is 0 Å². The maximum absolute atomic E-state index is 10.9. The molecular weight excluding hydrogens is 176 g/mol. The van der Waals surface area contributed by atoms with E-state index in [-0.39, 0.29) is 11.5 Å². The van der Waals surface area contributed by atoms with Gasteiger partial charge in [0.25, 0.3) is 10.2 Å². The molecule has 1 fully saturated rings. The molecule has 1 aliphatic carbocycles. The molecule has 0 amide bonds. The average Bonchev–Trinajstić information content (AvgIpc) is 1.78. The van der Waals surface area contributed by atoms with Gasteiger partial charge in [-0.25, -0.2) is 5.14 Å². The SMILES string of the molecule is CN(C1CC(C)(C)C1)S(N)(=O)=O. The van der Waals surface area contributed by atoms with Gasteiger partial charge in [0.2, 0.25) is 0 Å². The van der Waals surface area contributed by atoms with Gasteiger partial charge >= 0.3 is 0 Å². The highest BCUT2D eigenvalue weighted by atomic mass is 32.2. The molecule has 0 aromatic rings. The van der Waals surface area contributed by atoms with Crippen molar-refractivity contribution in [3.63, 3.8) is 0 Å². The minimum absolute atomic E-state index is 0.106. The van der Waals surface area contributed by atoms with Crippen LogP contribution in [0.4, 0.5) is 0 Å². The van der Waals surface area contributed by atoms with Gasteiger partial charge in [0.1, 0.15) is 0 Å². The zero-order valence-corrected chi connectivity index (χ0v) is 8.56. The van der Waals surface area contributed by atoms with E-state index in [1.807, 2.05) is 0 Å². The molecule has 5 heteroatoms. The van der Waals surface area contributed by atoms with Crippen molar-refractivity contribution < 1.29 is 8.42 Å². The lowest BCUT2D eigenvalue weighted by Crippen LogP contribution is -2.50. The van der Waals surface area contributed by atoms with Gasteiger partial charge in [-0.1, -0.05) is 13.8 Å². The van der Waals surface area contributed by atoms with Crippen LogP contribution in [-0.4, -0.2) is 25.8 Å². The van der Waals surface area contributed by atoms with Crippen molar-refractivity contribution >= 4 is 10.2 Å². The van der Waals surface area contributed by atoms with E-state index in [0.717, 1.165) is 12.8 Å². The summed E-state index contributed by atoms with van der Waals surface area (Å²) in [6.07, 6.45) is 1.81. The summed E-state index contributed by atoms with van der Waals surface area (Å²) in [5.41, 5.74) is 0.281. The van der Waals surface area contributed by atoms with E-state index in [0.29, 0.717) is 0 Å². The lowest BCUT2D eigenvalue weighted by molar-refractivity contribution is 0.0857. The van der Waals surface area contributed by atoms with Gasteiger partial charge in [-0.05, 0) is 18.3 Å². The lowest BCUT2D eigenvalue weighted by Gasteiger charge is -2.45. The Balaban J connectivity index is 2.55. The standard InChI is InChI=1S/C7H16N2O2S/c1-7(2)4-6(5-7)9(3)12(8,10)11/h6H,4-5H2,1-3H3,(H2,8,10,11). The average molecular weight is 192 g/mol. The molecule has 0 unspecified atom stereocenters. The molecule has 0 spiro atoms. The van der Waals surface area contributed by atoms with Gasteiger partial charge in [0.15, 0.2) is 0 Å². The Hall–Kier alpha value is -0.130. The van der Waals surface area contributed by atoms with Crippen LogP contribution in [0.1, 0.15) is 26.7 Å². The smallest absolute Gasteiger partial charge is 0.216 e. The Morgan fingerprint density at radius 3 is 2.08 bits per heavy atom. The van der Waals surface area contributed by atoms with E-state index in [1.165, 1.54) is 11.4 Å². The summed E-state index contributed by atoms with van der Waals surface area (Å²) in [7, 11) is -1.94. The van der Waals surface area contributed by atoms with Crippen LogP contribution in [0.15, 0.2) is 0 Å². The van der Waals surface area contributed by atoms with Gasteiger partial charge in [-0.3, -0.25) is 0 Å². The zero-order valence-electron chi connectivity index (χ0n) is 7.74. The third-order valence-electron chi connectivity index (χ3n) is 2.49. The summed E-state index contributed by atoms with van der Waals surface area (Å²) >= 11 is 0. The Labute approximate surface area is 73.9 Å². The molecule has 1 saturated carbocycles. The highest BCUT2D eigenvalue weighted by Gasteiger charge is 2.40. The topological polar surface area (TPSA) is 63.4 Å². The predicted molar refractivity (Wildman–Crippen MR) is 47.7 cm³/mol. The number of nitrogens with two attached hydrogens (primary N) is 1. The molecule has 1 rings (SSSR count). The summed E-state index contributed by atoms with van der Waals surface area (Å²) in [4.78, 5) is 0. The molecule has 72 valence electrons. The van der Waals surface area contributed by atoms with Gasteiger partial charge in [-0.15, -0.1) is 0 Å². The van der Waals surface area contributed by atoms with Crippen LogP contribution in [0.25, 0.3) is 0 Å². The molecular formula is C7H16N2O2S. The highest BCUT2D eigenvalue weighted by Crippen LogP contribution is 2.42. The first kappa shape index (κ1) is 9.95. The molecule has 0 atom stereocenters. The van der Waals surface area contributed by atoms with E-state index in [9.17, 15) is 8.42 Å². The first-order valence-electron chi connectivity index (χ1n) is 3.98. The first-order valence-corrected chi connectivity index (χ1v) is 5.48. The van der Waals surface area contributed by atoms with E-state index >= 15 is 0 Å². The second-order valence-corrected chi connectivity index (χ2v) is 5.89. The fraction of sp³-hybridized carbons (Fsp3) is 1.00. The van der Waals surface area contributed by atoms with Crippen LogP contribution in [0.2, 0.25) is 0 Å². The first-order chi connectivity index (χ1) is 5.22. The van der Waals surface area contributed by atoms with Crippen LogP contribution in [0.5, 0.6) is 0 Å². The second kappa shape index (κ2) is 2.68. The van der Waals surface area contributed by atoms with E-state index in [1.54, 1.807) is 0 Å². The minimum Gasteiger partial charge on any atom is -0.216 e. The number of hydrogen-bond donors (Lipinski definition) is 1. The molecule has 0 radical (unpaired) electrons. The summed E-state index contributed by atoms with van der Waals surface area (Å²) in [5, 5.41) is 4.98. The molecule has 0 bridgehead atoms. The van der Waals surface area contributed by atoms with Crippen LogP contribution >= 0.6 is 0 Å². The maximum Gasteiger partial charge on any atom is 0.276 e. The van der Waals surface area contributed by atoms with Gasteiger partial charge < -0.3 is 0 Å². The zero-order chi connectivity index (χ0) is 9.57. The molecule has 4 nitrogen and oxygen atoms in total. The van der Waals surface area contributed by atoms with Crippen LogP contribution in [0.3, 0.4) is 0 Å². The molecule has 0 heterocycles. The quantitative estimate of drug-likeness (QED) is 0.684. The largest absolute Gasteiger partial charge is 0.276 e. The molecule has 0 aliphatic heterocycles. The van der Waals surface area contributed by atoms with Crippen molar-refractivity contribution in [2.45, 2.75) is 32.7 Å². The van der Waals surface area contributed by atoms with Crippen LogP contribution < -0.4 is 5.14 Å². The summed E-state index contributed by atoms with van der Waals surface area (Å²) in [5.74, 6) is 0. The molecule has 0 aromatic carbocycles. The molecule has 12 heavy (non-hydrogen) atoms. The number of hydrogen-bond acceptors (Lipinski definition) is 2. The minimum atomic E-state index is -3.48. The Kier molecular flexibility index (Phi) is 2.22. The van der Waals surface area contributed by atoms with Crippen LogP contribution in [-0.2, 0) is 10.2 Å². The second-order valence-electron chi connectivity index (χ2n) is 4.29. The van der Waals surface area contributed by atoms with Crippen molar-refractivity contribution in [1.82, 2.24) is 4.31 Å². The maximum atomic E-state index is 10.9. The molecule has 2 N–H and O–H groups in total. The van der Waals surface area contributed by atoms with Gasteiger partial charge in [0.05, 0.1) is 0 Å². The van der Waals surface area contributed by atoms with Crippen molar-refractivity contribution in [1.29, 1.82) is 0 Å². The Bertz CT molecular complexity index is 263. The number of rotatable bonds is 2. The molecule has 1 aliphatic rings. The highest BCUT2D eigenvalue weighted by molar-refractivity contribution is 7.86. The fourth-order valence-electron chi connectivity index (χ4n) is 1.68. The predicted octanol–water partition coefficient (Wildman–Crippen LogP) is 0.310. The van der Waals surface area contributed by atoms with E-state index in [4.69, 9.17) is 5.14 Å². The lowest BCUT2D eigenvalue weighted by atomic mass is 9.68. The van der Waals surface area contributed by atoms with Gasteiger partial charge in [0, 0.05) is 13.1 Å². The van der Waals surface area contributed by atoms with E-state index < -0.39 is 10.2 Å². The third-order valence-corrected chi connectivity index (χ3v) is 3.59. The number of nitrogens with zero attached hydrogens (tertiary/aromatic N) is 1. The summed E-state index contributed by atoms with van der Waals surface area (Å²) in [6, 6.07) is 0.106. The monoisotopic (exact) mass is 192 g/mol. The normalized spacial score (nSPS) is 24.1. The summed E-state index contributed by atoms with van der Waals surface area (Å²) in [6.45, 7) is 4.25. The Morgan fingerprint density at radius 1 is 1.42 bits per heavy atom. The van der Waals surface area contributed by atoms with Crippen LogP contribution in [0, 0.1) is 5.41 Å². The third kappa shape index (κ3) is 1.97. The van der Waals surface area contributed by atoms with Crippen molar-refractivity contribution in [2.24, 2.45) is 10.6 Å². The van der Waals surface area contributed by atoms with Crippen molar-refractivity contribution in [3.05, 3.63) is 0 Å². The van der Waals surface area contributed by atoms with Gasteiger partial charge in [-0.2, -0.15) is 12.7 Å².